The molecule has 1 aliphatic rings. The topological polar surface area (TPSA) is 84.1 Å². The van der Waals surface area contributed by atoms with Gasteiger partial charge in [0, 0.05) is 49.2 Å². The number of hydrogen-bond donors (Lipinski definition) is 2. The number of nitrogen functional groups attached to an aromatic ring is 1. The average molecular weight is 343 g/mol. The fourth-order valence-corrected chi connectivity index (χ4v) is 3.56. The van der Waals surface area contributed by atoms with Crippen molar-refractivity contribution >= 4 is 29.2 Å². The Bertz CT molecular complexity index is 686. The van der Waals surface area contributed by atoms with E-state index in [1.807, 2.05) is 36.0 Å². The third-order valence-corrected chi connectivity index (χ3v) is 4.92. The van der Waals surface area contributed by atoms with Gasteiger partial charge >= 0.3 is 0 Å². The summed E-state index contributed by atoms with van der Waals surface area (Å²) in [5.41, 5.74) is 7.81. The van der Waals surface area contributed by atoms with Crippen molar-refractivity contribution < 1.29 is 4.79 Å². The van der Waals surface area contributed by atoms with Gasteiger partial charge in [0.2, 0.25) is 0 Å². The van der Waals surface area contributed by atoms with Gasteiger partial charge in [0.1, 0.15) is 0 Å². The molecule has 24 heavy (non-hydrogen) atoms. The molecule has 3 N–H and O–H groups in total. The summed E-state index contributed by atoms with van der Waals surface area (Å²) >= 11 is 2.03. The predicted octanol–water partition coefficient (Wildman–Crippen LogP) is 1.90. The lowest BCUT2D eigenvalue weighted by molar-refractivity contribution is 0.102. The van der Waals surface area contributed by atoms with Gasteiger partial charge in [0.25, 0.3) is 5.91 Å². The number of nitrogens with one attached hydrogen (secondary N) is 1. The van der Waals surface area contributed by atoms with E-state index in [1.54, 1.807) is 0 Å². The van der Waals surface area contributed by atoms with Crippen LogP contribution in [0.2, 0.25) is 0 Å². The quantitative estimate of drug-likeness (QED) is 0.863. The van der Waals surface area contributed by atoms with Crippen molar-refractivity contribution in [1.82, 2.24) is 14.9 Å². The van der Waals surface area contributed by atoms with E-state index in [2.05, 4.69) is 20.2 Å². The smallest absolute Gasteiger partial charge is 0.278 e. The fraction of sp³-hybridized carbons (Fsp3) is 0.353. The summed E-state index contributed by atoms with van der Waals surface area (Å²) in [6.07, 6.45) is 3.94. The standard InChI is InChI=1S/C17H21N5OS/c18-16-15(19-6-7-20-16)17(23)21-14-3-1-13(2-4-14)5-8-22-9-11-24-12-10-22/h1-4,6-7H,5,8-12H2,(H2,18,20)(H,21,23). The molecule has 1 aromatic carbocycles. The third-order valence-electron chi connectivity index (χ3n) is 3.97. The van der Waals surface area contributed by atoms with E-state index >= 15 is 0 Å². The first-order valence-electron chi connectivity index (χ1n) is 7.99. The Balaban J connectivity index is 1.54. The molecule has 1 fully saturated rings. The maximum Gasteiger partial charge on any atom is 0.278 e. The monoisotopic (exact) mass is 343 g/mol. The number of nitrogens with zero attached hydrogens (tertiary/aromatic N) is 3. The average Bonchev–Trinajstić information content (AvgIpc) is 2.62. The minimum atomic E-state index is -0.348. The number of amides is 1. The Morgan fingerprint density at radius 3 is 2.58 bits per heavy atom. The molecule has 1 amide bonds. The highest BCUT2D eigenvalue weighted by atomic mass is 32.2. The van der Waals surface area contributed by atoms with Gasteiger partial charge in [-0.15, -0.1) is 0 Å². The molecular weight excluding hydrogens is 322 g/mol. The van der Waals surface area contributed by atoms with Crippen LogP contribution in [0.5, 0.6) is 0 Å². The van der Waals surface area contributed by atoms with E-state index in [0.29, 0.717) is 0 Å². The molecule has 1 saturated heterocycles. The fourth-order valence-electron chi connectivity index (χ4n) is 2.58. The zero-order valence-corrected chi connectivity index (χ0v) is 14.3. The largest absolute Gasteiger partial charge is 0.382 e. The number of benzene rings is 1. The molecule has 0 bridgehead atoms. The Labute approximate surface area is 145 Å². The summed E-state index contributed by atoms with van der Waals surface area (Å²) in [6.45, 7) is 3.44. The Kier molecular flexibility index (Phi) is 5.66. The van der Waals surface area contributed by atoms with Gasteiger partial charge in [-0.05, 0) is 24.1 Å². The van der Waals surface area contributed by atoms with Gasteiger partial charge in [0.05, 0.1) is 0 Å². The molecule has 2 heterocycles. The number of carbonyl (C=O) groups excluding carboxylic acids is 1. The molecule has 6 nitrogen and oxygen atoms in total. The summed E-state index contributed by atoms with van der Waals surface area (Å²) < 4.78 is 0. The van der Waals surface area contributed by atoms with E-state index in [0.717, 1.165) is 18.7 Å². The zero-order chi connectivity index (χ0) is 16.8. The van der Waals surface area contributed by atoms with Crippen molar-refractivity contribution in [2.45, 2.75) is 6.42 Å². The van der Waals surface area contributed by atoms with E-state index in [9.17, 15) is 4.79 Å². The maximum absolute atomic E-state index is 12.1. The van der Waals surface area contributed by atoms with Crippen LogP contribution in [0.3, 0.4) is 0 Å². The van der Waals surface area contributed by atoms with Crippen molar-refractivity contribution in [3.8, 4) is 0 Å². The summed E-state index contributed by atoms with van der Waals surface area (Å²) in [6, 6.07) is 7.92. The number of anilines is 2. The van der Waals surface area contributed by atoms with Crippen LogP contribution in [0.1, 0.15) is 16.1 Å². The van der Waals surface area contributed by atoms with E-state index in [1.165, 1.54) is 42.6 Å². The molecule has 0 radical (unpaired) electrons. The minimum absolute atomic E-state index is 0.131. The van der Waals surface area contributed by atoms with Crippen LogP contribution in [0, 0.1) is 0 Å². The Hall–Kier alpha value is -2.12. The van der Waals surface area contributed by atoms with Gasteiger partial charge in [-0.2, -0.15) is 11.8 Å². The Morgan fingerprint density at radius 1 is 1.17 bits per heavy atom. The molecule has 1 aromatic heterocycles. The lowest BCUT2D eigenvalue weighted by Crippen LogP contribution is -2.34. The number of nitrogens with two attached hydrogens (primary N) is 1. The van der Waals surface area contributed by atoms with Gasteiger partial charge in [-0.1, -0.05) is 12.1 Å². The summed E-state index contributed by atoms with van der Waals surface area (Å²) in [7, 11) is 0. The number of thioether (sulfide) groups is 1. The van der Waals surface area contributed by atoms with Gasteiger partial charge in [0.15, 0.2) is 11.5 Å². The van der Waals surface area contributed by atoms with Crippen LogP contribution in [0.15, 0.2) is 36.7 Å². The van der Waals surface area contributed by atoms with E-state index < -0.39 is 0 Å². The second-order valence-corrected chi connectivity index (χ2v) is 6.87. The Morgan fingerprint density at radius 2 is 1.88 bits per heavy atom. The maximum atomic E-state index is 12.1. The number of carbonyl (C=O) groups is 1. The third kappa shape index (κ3) is 4.46. The summed E-state index contributed by atoms with van der Waals surface area (Å²) in [5.74, 6) is 2.25. The molecule has 0 saturated carbocycles. The second-order valence-electron chi connectivity index (χ2n) is 5.65. The van der Waals surface area contributed by atoms with Crippen molar-refractivity contribution in [2.24, 2.45) is 0 Å². The van der Waals surface area contributed by atoms with Crippen LogP contribution in [-0.4, -0.2) is 51.9 Å². The molecule has 2 aromatic rings. The molecule has 0 unspecified atom stereocenters. The van der Waals surface area contributed by atoms with Crippen molar-refractivity contribution in [3.63, 3.8) is 0 Å². The molecular formula is C17H21N5OS. The van der Waals surface area contributed by atoms with Gasteiger partial charge < -0.3 is 16.0 Å². The predicted molar refractivity (Wildman–Crippen MR) is 98.3 cm³/mol. The summed E-state index contributed by atoms with van der Waals surface area (Å²) in [5, 5.41) is 2.80. The highest BCUT2D eigenvalue weighted by Crippen LogP contribution is 2.14. The molecule has 1 aliphatic heterocycles. The zero-order valence-electron chi connectivity index (χ0n) is 13.4. The number of hydrogen-bond acceptors (Lipinski definition) is 6. The lowest BCUT2D eigenvalue weighted by Gasteiger charge is -2.26. The molecule has 0 spiro atoms. The molecule has 126 valence electrons. The van der Waals surface area contributed by atoms with Crippen molar-refractivity contribution in [2.75, 3.05) is 42.2 Å². The first-order valence-corrected chi connectivity index (χ1v) is 9.15. The number of rotatable bonds is 5. The van der Waals surface area contributed by atoms with Crippen LogP contribution in [0.25, 0.3) is 0 Å². The first-order chi connectivity index (χ1) is 11.7. The highest BCUT2D eigenvalue weighted by molar-refractivity contribution is 7.99. The normalized spacial score (nSPS) is 15.2. The lowest BCUT2D eigenvalue weighted by atomic mass is 10.1. The van der Waals surface area contributed by atoms with E-state index in [4.69, 9.17) is 5.73 Å². The molecule has 0 atom stereocenters. The van der Waals surface area contributed by atoms with Crippen molar-refractivity contribution in [3.05, 3.63) is 47.9 Å². The SMILES string of the molecule is Nc1nccnc1C(=O)Nc1ccc(CCN2CCSCC2)cc1. The first kappa shape index (κ1) is 16.7. The second kappa shape index (κ2) is 8.12. The molecule has 3 rings (SSSR count). The van der Waals surface area contributed by atoms with Crippen LogP contribution in [-0.2, 0) is 6.42 Å². The van der Waals surface area contributed by atoms with Gasteiger partial charge in [-0.25, -0.2) is 9.97 Å². The molecule has 0 aliphatic carbocycles. The summed E-state index contributed by atoms with van der Waals surface area (Å²) in [4.78, 5) is 22.5. The van der Waals surface area contributed by atoms with E-state index in [-0.39, 0.29) is 17.4 Å². The van der Waals surface area contributed by atoms with Gasteiger partial charge in [-0.3, -0.25) is 4.79 Å². The molecule has 7 heteroatoms. The minimum Gasteiger partial charge on any atom is -0.382 e. The van der Waals surface area contributed by atoms with Crippen LogP contribution in [0.4, 0.5) is 11.5 Å². The van der Waals surface area contributed by atoms with Crippen LogP contribution < -0.4 is 11.1 Å². The van der Waals surface area contributed by atoms with Crippen LogP contribution >= 0.6 is 11.8 Å². The highest BCUT2D eigenvalue weighted by Gasteiger charge is 2.12. The number of aromatic nitrogens is 2. The van der Waals surface area contributed by atoms with Crippen molar-refractivity contribution in [1.29, 1.82) is 0 Å².